The Balaban J connectivity index is 1.99. The molecule has 2 rings (SSSR count). The van der Waals surface area contributed by atoms with Gasteiger partial charge in [-0.15, -0.1) is 0 Å². The molecule has 0 aliphatic carbocycles. The Labute approximate surface area is 97.7 Å². The van der Waals surface area contributed by atoms with Gasteiger partial charge in [-0.2, -0.15) is 5.26 Å². The summed E-state index contributed by atoms with van der Waals surface area (Å²) in [7, 11) is 1.79. The molecular weight excluding hydrogens is 200 g/mol. The molecule has 0 unspecified atom stereocenters. The SMILES string of the molecule is COC[C@@]12CCCN1C/C(=C\CCC#N)C2. The Morgan fingerprint density at radius 3 is 3.25 bits per heavy atom. The summed E-state index contributed by atoms with van der Waals surface area (Å²) < 4.78 is 5.38. The molecule has 2 aliphatic rings. The van der Waals surface area contributed by atoms with E-state index in [-0.39, 0.29) is 5.54 Å². The summed E-state index contributed by atoms with van der Waals surface area (Å²) in [5.41, 5.74) is 1.79. The van der Waals surface area contributed by atoms with Crippen LogP contribution in [0.2, 0.25) is 0 Å². The second-order valence-corrected chi connectivity index (χ2v) is 4.92. The van der Waals surface area contributed by atoms with Crippen LogP contribution in [0.3, 0.4) is 0 Å². The number of hydrogen-bond acceptors (Lipinski definition) is 3. The highest BCUT2D eigenvalue weighted by Crippen LogP contribution is 2.41. The minimum Gasteiger partial charge on any atom is -0.383 e. The van der Waals surface area contributed by atoms with Gasteiger partial charge in [-0.25, -0.2) is 0 Å². The zero-order valence-corrected chi connectivity index (χ0v) is 10.0. The molecule has 16 heavy (non-hydrogen) atoms. The van der Waals surface area contributed by atoms with Crippen LogP contribution in [0.4, 0.5) is 0 Å². The Hall–Kier alpha value is -0.850. The second-order valence-electron chi connectivity index (χ2n) is 4.92. The van der Waals surface area contributed by atoms with Crippen molar-refractivity contribution < 1.29 is 4.74 Å². The maximum Gasteiger partial charge on any atom is 0.0649 e. The highest BCUT2D eigenvalue weighted by atomic mass is 16.5. The minimum atomic E-state index is 0.285. The first-order valence-electron chi connectivity index (χ1n) is 6.09. The maximum absolute atomic E-state index is 8.53. The molecule has 0 radical (unpaired) electrons. The first-order valence-corrected chi connectivity index (χ1v) is 6.09. The maximum atomic E-state index is 8.53. The lowest BCUT2D eigenvalue weighted by atomic mass is 9.93. The van der Waals surface area contributed by atoms with Crippen molar-refractivity contribution in [3.05, 3.63) is 11.6 Å². The largest absolute Gasteiger partial charge is 0.383 e. The average molecular weight is 220 g/mol. The van der Waals surface area contributed by atoms with Gasteiger partial charge in [-0.3, -0.25) is 4.90 Å². The normalized spacial score (nSPS) is 31.9. The van der Waals surface area contributed by atoms with E-state index < -0.39 is 0 Å². The molecule has 88 valence electrons. The van der Waals surface area contributed by atoms with Crippen molar-refractivity contribution in [1.29, 1.82) is 5.26 Å². The highest BCUT2D eigenvalue weighted by Gasteiger charge is 2.45. The standard InChI is InChI=1S/C13H20N2O/c1-16-11-13-6-4-8-15(13)10-12(9-13)5-2-3-7-14/h5H,2-4,6,8-11H2,1H3/b12-5-/t13-/m0/s1. The quantitative estimate of drug-likeness (QED) is 0.537. The number of unbranched alkanes of at least 4 members (excludes halogenated alkanes) is 1. The number of rotatable bonds is 4. The van der Waals surface area contributed by atoms with E-state index in [0.29, 0.717) is 6.42 Å². The molecule has 3 nitrogen and oxygen atoms in total. The van der Waals surface area contributed by atoms with Crippen LogP contribution in [0.15, 0.2) is 11.6 Å². The van der Waals surface area contributed by atoms with Crippen LogP contribution in [-0.4, -0.2) is 37.2 Å². The van der Waals surface area contributed by atoms with Gasteiger partial charge >= 0.3 is 0 Å². The summed E-state index contributed by atoms with van der Waals surface area (Å²) >= 11 is 0. The predicted octanol–water partition coefficient (Wildman–Crippen LogP) is 2.10. The van der Waals surface area contributed by atoms with Crippen molar-refractivity contribution in [2.75, 3.05) is 26.8 Å². The lowest BCUT2D eigenvalue weighted by molar-refractivity contribution is 0.0656. The summed E-state index contributed by atoms with van der Waals surface area (Å²) in [5, 5.41) is 8.53. The summed E-state index contributed by atoms with van der Waals surface area (Å²) in [4.78, 5) is 2.56. The highest BCUT2D eigenvalue weighted by molar-refractivity contribution is 5.20. The summed E-state index contributed by atoms with van der Waals surface area (Å²) in [6.07, 6.45) is 7.51. The number of nitriles is 1. The van der Waals surface area contributed by atoms with Crippen LogP contribution >= 0.6 is 0 Å². The summed E-state index contributed by atoms with van der Waals surface area (Å²) in [6, 6.07) is 2.19. The third-order valence-electron chi connectivity index (χ3n) is 3.79. The number of allylic oxidation sites excluding steroid dienone is 1. The van der Waals surface area contributed by atoms with Gasteiger partial charge in [0.15, 0.2) is 0 Å². The van der Waals surface area contributed by atoms with E-state index in [1.165, 1.54) is 25.0 Å². The van der Waals surface area contributed by atoms with Crippen molar-refractivity contribution in [3.8, 4) is 6.07 Å². The monoisotopic (exact) mass is 220 g/mol. The van der Waals surface area contributed by atoms with E-state index in [0.717, 1.165) is 26.0 Å². The van der Waals surface area contributed by atoms with E-state index in [1.807, 2.05) is 0 Å². The van der Waals surface area contributed by atoms with Crippen LogP contribution in [0.1, 0.15) is 32.1 Å². The van der Waals surface area contributed by atoms with Crippen molar-refractivity contribution >= 4 is 0 Å². The molecule has 0 amide bonds. The van der Waals surface area contributed by atoms with Gasteiger partial charge in [0.05, 0.1) is 12.7 Å². The van der Waals surface area contributed by atoms with Crippen molar-refractivity contribution in [3.63, 3.8) is 0 Å². The topological polar surface area (TPSA) is 36.3 Å². The molecular formula is C13H20N2O. The van der Waals surface area contributed by atoms with Gasteiger partial charge in [-0.05, 0) is 32.2 Å². The van der Waals surface area contributed by atoms with Crippen LogP contribution in [-0.2, 0) is 4.74 Å². The third-order valence-corrected chi connectivity index (χ3v) is 3.79. The van der Waals surface area contributed by atoms with Gasteiger partial charge in [0.25, 0.3) is 0 Å². The number of fused-ring (bicyclic) bond motifs is 1. The van der Waals surface area contributed by atoms with Crippen LogP contribution < -0.4 is 0 Å². The van der Waals surface area contributed by atoms with Gasteiger partial charge in [-0.1, -0.05) is 11.6 Å². The number of ether oxygens (including phenoxy) is 1. The molecule has 0 N–H and O–H groups in total. The molecule has 0 aromatic rings. The molecule has 0 spiro atoms. The van der Waals surface area contributed by atoms with Crippen LogP contribution in [0.5, 0.6) is 0 Å². The number of methoxy groups -OCH3 is 1. The molecule has 0 saturated carbocycles. The molecule has 2 aliphatic heterocycles. The van der Waals surface area contributed by atoms with Gasteiger partial charge < -0.3 is 4.74 Å². The Morgan fingerprint density at radius 1 is 1.62 bits per heavy atom. The van der Waals surface area contributed by atoms with E-state index in [9.17, 15) is 0 Å². The lowest BCUT2D eigenvalue weighted by Gasteiger charge is -2.30. The van der Waals surface area contributed by atoms with Gasteiger partial charge in [0, 0.05) is 25.6 Å². The average Bonchev–Trinajstić information content (AvgIpc) is 2.75. The zero-order valence-electron chi connectivity index (χ0n) is 10.0. The van der Waals surface area contributed by atoms with E-state index >= 15 is 0 Å². The fourth-order valence-electron chi connectivity index (χ4n) is 3.13. The fraction of sp³-hybridized carbons (Fsp3) is 0.769. The lowest BCUT2D eigenvalue weighted by Crippen LogP contribution is -2.42. The molecule has 2 saturated heterocycles. The summed E-state index contributed by atoms with van der Waals surface area (Å²) in [5.74, 6) is 0. The van der Waals surface area contributed by atoms with Gasteiger partial charge in [0.2, 0.25) is 0 Å². The number of nitrogens with zero attached hydrogens (tertiary/aromatic N) is 2. The first-order chi connectivity index (χ1) is 7.80. The molecule has 0 aromatic carbocycles. The van der Waals surface area contributed by atoms with Crippen molar-refractivity contribution in [2.45, 2.75) is 37.6 Å². The van der Waals surface area contributed by atoms with Crippen molar-refractivity contribution in [2.24, 2.45) is 0 Å². The second kappa shape index (κ2) is 4.99. The smallest absolute Gasteiger partial charge is 0.0649 e. The fourth-order valence-corrected chi connectivity index (χ4v) is 3.13. The van der Waals surface area contributed by atoms with E-state index in [2.05, 4.69) is 17.0 Å². The van der Waals surface area contributed by atoms with Crippen LogP contribution in [0, 0.1) is 11.3 Å². The zero-order chi connectivity index (χ0) is 11.4. The molecule has 1 atom stereocenters. The first kappa shape index (κ1) is 11.6. The third kappa shape index (κ3) is 2.14. The Bertz CT molecular complexity index is 318. The number of hydrogen-bond donors (Lipinski definition) is 0. The van der Waals surface area contributed by atoms with E-state index in [1.54, 1.807) is 7.11 Å². The Kier molecular flexibility index (Phi) is 3.63. The van der Waals surface area contributed by atoms with Crippen LogP contribution in [0.25, 0.3) is 0 Å². The predicted molar refractivity (Wildman–Crippen MR) is 63.0 cm³/mol. The van der Waals surface area contributed by atoms with E-state index in [4.69, 9.17) is 10.00 Å². The molecule has 0 aromatic heterocycles. The Morgan fingerprint density at radius 2 is 2.50 bits per heavy atom. The van der Waals surface area contributed by atoms with Crippen molar-refractivity contribution in [1.82, 2.24) is 4.90 Å². The molecule has 2 fully saturated rings. The molecule has 0 bridgehead atoms. The summed E-state index contributed by atoms with van der Waals surface area (Å²) in [6.45, 7) is 3.15. The molecule has 3 heteroatoms. The van der Waals surface area contributed by atoms with Gasteiger partial charge in [0.1, 0.15) is 0 Å². The molecule has 2 heterocycles. The minimum absolute atomic E-state index is 0.285.